The number of benzene rings is 2. The molecule has 0 radical (unpaired) electrons. The molecule has 1 N–H and O–H groups in total. The van der Waals surface area contributed by atoms with E-state index < -0.39 is 0 Å². The molecule has 0 unspecified atom stereocenters. The lowest BCUT2D eigenvalue weighted by Crippen LogP contribution is -2.25. The van der Waals surface area contributed by atoms with E-state index in [-0.39, 0.29) is 12.5 Å². The highest BCUT2D eigenvalue weighted by Crippen LogP contribution is 2.36. The Kier molecular flexibility index (Phi) is 8.51. The number of methoxy groups -OCH3 is 1. The highest BCUT2D eigenvalue weighted by Gasteiger charge is 2.11. The lowest BCUT2D eigenvalue weighted by Gasteiger charge is -2.14. The number of ether oxygens (including phenoxy) is 3. The summed E-state index contributed by atoms with van der Waals surface area (Å²) >= 11 is 3.46. The molecule has 0 spiro atoms. The maximum absolute atomic E-state index is 12.1. The van der Waals surface area contributed by atoms with E-state index in [9.17, 15) is 4.79 Å². The van der Waals surface area contributed by atoms with Crippen LogP contribution in [0.3, 0.4) is 0 Å². The van der Waals surface area contributed by atoms with Crippen LogP contribution in [0.15, 0.2) is 39.9 Å². The maximum atomic E-state index is 12.1. The molecule has 0 aromatic heterocycles. The number of carbonyl (C=O) groups is 1. The first-order valence-electron chi connectivity index (χ1n) is 9.41. The van der Waals surface area contributed by atoms with Gasteiger partial charge in [0.05, 0.1) is 24.4 Å². The second-order valence-electron chi connectivity index (χ2n) is 6.74. The molecule has 0 saturated heterocycles. The molecule has 29 heavy (non-hydrogen) atoms. The largest absolute Gasteiger partial charge is 0.493 e. The van der Waals surface area contributed by atoms with E-state index in [2.05, 4.69) is 40.3 Å². The summed E-state index contributed by atoms with van der Waals surface area (Å²) in [4.78, 5) is 12.1. The Morgan fingerprint density at radius 3 is 2.62 bits per heavy atom. The quantitative estimate of drug-likeness (QED) is 0.428. The molecule has 6 nitrogen and oxygen atoms in total. The van der Waals surface area contributed by atoms with E-state index in [0.29, 0.717) is 24.0 Å². The van der Waals surface area contributed by atoms with Gasteiger partial charge in [0.1, 0.15) is 5.75 Å². The monoisotopic (exact) mass is 462 g/mol. The summed E-state index contributed by atoms with van der Waals surface area (Å²) in [5.74, 6) is 1.90. The topological polar surface area (TPSA) is 69.2 Å². The predicted octanol–water partition coefficient (Wildman–Crippen LogP) is 4.82. The van der Waals surface area contributed by atoms with Gasteiger partial charge >= 0.3 is 0 Å². The zero-order valence-corrected chi connectivity index (χ0v) is 19.0. The average molecular weight is 463 g/mol. The summed E-state index contributed by atoms with van der Waals surface area (Å²) < 4.78 is 17.4. The first-order valence-corrected chi connectivity index (χ1v) is 10.2. The van der Waals surface area contributed by atoms with Crippen molar-refractivity contribution in [2.24, 2.45) is 5.10 Å². The number of hydrogen-bond acceptors (Lipinski definition) is 5. The van der Waals surface area contributed by atoms with E-state index in [1.807, 2.05) is 38.1 Å². The van der Waals surface area contributed by atoms with Crippen molar-refractivity contribution >= 4 is 28.1 Å². The lowest BCUT2D eigenvalue weighted by atomic mass is 10.0. The molecular formula is C22H27BrN2O4. The summed E-state index contributed by atoms with van der Waals surface area (Å²) in [6.07, 6.45) is 1.53. The zero-order chi connectivity index (χ0) is 21.4. The van der Waals surface area contributed by atoms with E-state index in [1.54, 1.807) is 13.2 Å². The van der Waals surface area contributed by atoms with Gasteiger partial charge in [-0.2, -0.15) is 5.10 Å². The molecule has 7 heteroatoms. The van der Waals surface area contributed by atoms with Crippen LogP contribution in [-0.4, -0.2) is 32.4 Å². The molecule has 0 aliphatic carbocycles. The van der Waals surface area contributed by atoms with Crippen molar-refractivity contribution in [1.82, 2.24) is 5.43 Å². The normalized spacial score (nSPS) is 11.0. The molecule has 2 aromatic rings. The smallest absolute Gasteiger partial charge is 0.277 e. The molecule has 0 bridgehead atoms. The van der Waals surface area contributed by atoms with Gasteiger partial charge in [-0.15, -0.1) is 0 Å². The van der Waals surface area contributed by atoms with Gasteiger partial charge in [-0.1, -0.05) is 26.0 Å². The number of rotatable bonds is 9. The molecule has 156 valence electrons. The van der Waals surface area contributed by atoms with Gasteiger partial charge in [0.25, 0.3) is 5.91 Å². The summed E-state index contributed by atoms with van der Waals surface area (Å²) in [5.41, 5.74) is 5.38. The van der Waals surface area contributed by atoms with Gasteiger partial charge < -0.3 is 14.2 Å². The third-order valence-electron chi connectivity index (χ3n) is 4.09. The summed E-state index contributed by atoms with van der Waals surface area (Å²) in [6.45, 7) is 8.48. The summed E-state index contributed by atoms with van der Waals surface area (Å²) in [7, 11) is 1.57. The van der Waals surface area contributed by atoms with Crippen LogP contribution in [0.2, 0.25) is 0 Å². The van der Waals surface area contributed by atoms with Crippen LogP contribution in [-0.2, 0) is 4.79 Å². The van der Waals surface area contributed by atoms with Crippen LogP contribution in [0, 0.1) is 6.92 Å². The third kappa shape index (κ3) is 6.49. The fraction of sp³-hybridized carbons (Fsp3) is 0.364. The second-order valence-corrected chi connectivity index (χ2v) is 7.60. The summed E-state index contributed by atoms with van der Waals surface area (Å²) in [5, 5.41) is 4.00. The van der Waals surface area contributed by atoms with Crippen LogP contribution in [0.1, 0.15) is 43.4 Å². The van der Waals surface area contributed by atoms with Crippen LogP contribution < -0.4 is 19.6 Å². The third-order valence-corrected chi connectivity index (χ3v) is 4.68. The number of nitrogens with one attached hydrogen (secondary N) is 1. The van der Waals surface area contributed by atoms with E-state index in [4.69, 9.17) is 14.2 Å². The molecule has 0 atom stereocenters. The maximum Gasteiger partial charge on any atom is 0.277 e. The second kappa shape index (κ2) is 10.9. The van der Waals surface area contributed by atoms with Crippen LogP contribution in [0.4, 0.5) is 0 Å². The van der Waals surface area contributed by atoms with E-state index >= 15 is 0 Å². The molecule has 2 aromatic carbocycles. The number of nitrogens with zero attached hydrogens (tertiary/aromatic N) is 1. The standard InChI is InChI=1S/C22H27BrN2O4/c1-6-28-22-18(23)10-16(11-20(22)27-5)12-24-25-21(26)13-29-19-9-15(4)7-8-17(19)14(2)3/h7-12,14H,6,13H2,1-5H3,(H,25,26)/b24-12-. The van der Waals surface area contributed by atoms with Crippen LogP contribution in [0.25, 0.3) is 0 Å². The lowest BCUT2D eigenvalue weighted by molar-refractivity contribution is -0.123. The Balaban J connectivity index is 1.99. The molecule has 0 saturated carbocycles. The highest BCUT2D eigenvalue weighted by atomic mass is 79.9. The fourth-order valence-electron chi connectivity index (χ4n) is 2.70. The van der Waals surface area contributed by atoms with E-state index in [0.717, 1.165) is 26.9 Å². The number of amides is 1. The minimum Gasteiger partial charge on any atom is -0.493 e. The Morgan fingerprint density at radius 2 is 1.97 bits per heavy atom. The van der Waals surface area contributed by atoms with Crippen molar-refractivity contribution in [2.45, 2.75) is 33.6 Å². The van der Waals surface area contributed by atoms with Gasteiger partial charge in [0.15, 0.2) is 18.1 Å². The van der Waals surface area contributed by atoms with Gasteiger partial charge in [-0.3, -0.25) is 4.79 Å². The molecule has 0 fully saturated rings. The Hall–Kier alpha value is -2.54. The van der Waals surface area contributed by atoms with Crippen LogP contribution >= 0.6 is 15.9 Å². The predicted molar refractivity (Wildman–Crippen MR) is 118 cm³/mol. The fourth-order valence-corrected chi connectivity index (χ4v) is 3.27. The molecule has 2 rings (SSSR count). The molecular weight excluding hydrogens is 436 g/mol. The SMILES string of the molecule is CCOc1c(Br)cc(/C=N\NC(=O)COc2cc(C)ccc2C(C)C)cc1OC. The highest BCUT2D eigenvalue weighted by molar-refractivity contribution is 9.10. The van der Waals surface area contributed by atoms with E-state index in [1.165, 1.54) is 6.21 Å². The van der Waals surface area contributed by atoms with Gasteiger partial charge in [-0.05, 0) is 70.6 Å². The molecule has 0 aliphatic heterocycles. The minimum atomic E-state index is -0.338. The number of carbonyl (C=O) groups excluding carboxylic acids is 1. The molecule has 0 heterocycles. The van der Waals surface area contributed by atoms with Crippen molar-refractivity contribution in [3.63, 3.8) is 0 Å². The summed E-state index contributed by atoms with van der Waals surface area (Å²) in [6, 6.07) is 9.62. The Labute approximate surface area is 180 Å². The molecule has 0 aliphatic rings. The van der Waals surface area contributed by atoms with Crippen molar-refractivity contribution in [2.75, 3.05) is 20.3 Å². The van der Waals surface area contributed by atoms with Gasteiger partial charge in [0, 0.05) is 0 Å². The Bertz CT molecular complexity index is 881. The first-order chi connectivity index (χ1) is 13.8. The number of aryl methyl sites for hydroxylation is 1. The minimum absolute atomic E-state index is 0.114. The van der Waals surface area contributed by atoms with Gasteiger partial charge in [-0.25, -0.2) is 5.43 Å². The molecule has 1 amide bonds. The number of hydrazone groups is 1. The Morgan fingerprint density at radius 1 is 1.21 bits per heavy atom. The van der Waals surface area contributed by atoms with Crippen LogP contribution in [0.5, 0.6) is 17.2 Å². The van der Waals surface area contributed by atoms with Crippen molar-refractivity contribution in [3.05, 3.63) is 51.5 Å². The van der Waals surface area contributed by atoms with Crippen molar-refractivity contribution in [1.29, 1.82) is 0 Å². The van der Waals surface area contributed by atoms with Crippen molar-refractivity contribution in [3.8, 4) is 17.2 Å². The average Bonchev–Trinajstić information content (AvgIpc) is 2.68. The van der Waals surface area contributed by atoms with Crippen molar-refractivity contribution < 1.29 is 19.0 Å². The van der Waals surface area contributed by atoms with Gasteiger partial charge in [0.2, 0.25) is 0 Å². The number of halogens is 1. The zero-order valence-electron chi connectivity index (χ0n) is 17.4. The first kappa shape index (κ1) is 22.7. The number of hydrogen-bond donors (Lipinski definition) is 1.